The molecule has 1 aromatic heterocycles. The third-order valence-electron chi connectivity index (χ3n) is 3.62. The van der Waals surface area contributed by atoms with Gasteiger partial charge in [-0.3, -0.25) is 4.79 Å². The van der Waals surface area contributed by atoms with Crippen LogP contribution < -0.4 is 15.5 Å². The second kappa shape index (κ2) is 11.7. The van der Waals surface area contributed by atoms with Gasteiger partial charge in [-0.15, -0.1) is 24.8 Å². The lowest BCUT2D eigenvalue weighted by atomic mass is 10.2. The van der Waals surface area contributed by atoms with Crippen molar-refractivity contribution in [1.29, 1.82) is 0 Å². The first-order valence-electron chi connectivity index (χ1n) is 7.88. The first-order valence-corrected chi connectivity index (χ1v) is 7.88. The first kappa shape index (κ1) is 23.2. The van der Waals surface area contributed by atoms with Gasteiger partial charge in [-0.1, -0.05) is 25.1 Å². The molecule has 0 spiro atoms. The van der Waals surface area contributed by atoms with Gasteiger partial charge < -0.3 is 15.5 Å². The lowest BCUT2D eigenvalue weighted by Gasteiger charge is -2.18. The van der Waals surface area contributed by atoms with E-state index in [1.165, 1.54) is 0 Å². The Morgan fingerprint density at radius 3 is 2.40 bits per heavy atom. The molecule has 138 valence electrons. The van der Waals surface area contributed by atoms with Gasteiger partial charge in [-0.2, -0.15) is 0 Å². The van der Waals surface area contributed by atoms with E-state index in [1.807, 2.05) is 62.2 Å². The SMILES string of the molecule is CCN[C@H](C)CNC(=O)c1ccc(N(C)c2ccccc2)nc1.Cl.Cl. The molecule has 2 rings (SSSR count). The summed E-state index contributed by atoms with van der Waals surface area (Å²) in [6.45, 7) is 5.57. The van der Waals surface area contributed by atoms with Gasteiger partial charge in [0.05, 0.1) is 5.56 Å². The summed E-state index contributed by atoms with van der Waals surface area (Å²) in [5.41, 5.74) is 1.62. The minimum atomic E-state index is -0.101. The monoisotopic (exact) mass is 384 g/mol. The van der Waals surface area contributed by atoms with Gasteiger partial charge in [0.15, 0.2) is 0 Å². The average Bonchev–Trinajstić information content (AvgIpc) is 2.60. The van der Waals surface area contributed by atoms with Gasteiger partial charge in [-0.05, 0) is 37.7 Å². The molecule has 0 aliphatic heterocycles. The van der Waals surface area contributed by atoms with Crippen LogP contribution in [0.5, 0.6) is 0 Å². The van der Waals surface area contributed by atoms with Crippen molar-refractivity contribution in [2.24, 2.45) is 0 Å². The molecule has 0 aliphatic rings. The fourth-order valence-corrected chi connectivity index (χ4v) is 2.27. The summed E-state index contributed by atoms with van der Waals surface area (Å²) in [7, 11) is 1.95. The van der Waals surface area contributed by atoms with Crippen LogP contribution >= 0.6 is 24.8 Å². The van der Waals surface area contributed by atoms with Gasteiger partial charge >= 0.3 is 0 Å². The molecule has 7 heteroatoms. The molecule has 1 heterocycles. The van der Waals surface area contributed by atoms with Crippen molar-refractivity contribution in [3.8, 4) is 0 Å². The second-order valence-electron chi connectivity index (χ2n) is 5.47. The van der Waals surface area contributed by atoms with Crippen LogP contribution in [-0.2, 0) is 0 Å². The summed E-state index contributed by atoms with van der Waals surface area (Å²) in [6, 6.07) is 13.9. The van der Waals surface area contributed by atoms with E-state index in [2.05, 4.69) is 15.6 Å². The number of rotatable bonds is 7. The average molecular weight is 385 g/mol. The summed E-state index contributed by atoms with van der Waals surface area (Å²) in [4.78, 5) is 18.5. The van der Waals surface area contributed by atoms with Crippen molar-refractivity contribution in [3.05, 3.63) is 54.2 Å². The van der Waals surface area contributed by atoms with Gasteiger partial charge in [0.1, 0.15) is 5.82 Å². The number of carbonyl (C=O) groups is 1. The normalized spacial score (nSPS) is 10.8. The van der Waals surface area contributed by atoms with Crippen LogP contribution in [0.1, 0.15) is 24.2 Å². The standard InChI is InChI=1S/C18H24N4O.2ClH/c1-4-19-14(2)12-21-18(23)15-10-11-17(20-13-15)22(3)16-8-6-5-7-9-16;;/h5-11,13-14,19H,4,12H2,1-3H3,(H,21,23);2*1H/t14-;;/m1../s1. The van der Waals surface area contributed by atoms with E-state index in [1.54, 1.807) is 12.3 Å². The fourth-order valence-electron chi connectivity index (χ4n) is 2.27. The number of likely N-dealkylation sites (N-methyl/N-ethyl adjacent to an activating group) is 1. The maximum absolute atomic E-state index is 12.1. The Morgan fingerprint density at radius 2 is 1.84 bits per heavy atom. The number of benzene rings is 1. The van der Waals surface area contributed by atoms with Crippen LogP contribution in [0, 0.1) is 0 Å². The molecule has 5 nitrogen and oxygen atoms in total. The van der Waals surface area contributed by atoms with Crippen molar-refractivity contribution < 1.29 is 4.79 Å². The van der Waals surface area contributed by atoms with Gasteiger partial charge in [-0.25, -0.2) is 4.98 Å². The number of carbonyl (C=O) groups excluding carboxylic acids is 1. The van der Waals surface area contributed by atoms with E-state index in [-0.39, 0.29) is 36.8 Å². The topological polar surface area (TPSA) is 57.3 Å². The Balaban J connectivity index is 0.00000288. The number of para-hydroxylation sites is 1. The number of amides is 1. The molecule has 1 aromatic carbocycles. The maximum atomic E-state index is 12.1. The van der Waals surface area contributed by atoms with E-state index >= 15 is 0 Å². The highest BCUT2D eigenvalue weighted by atomic mass is 35.5. The summed E-state index contributed by atoms with van der Waals surface area (Å²) < 4.78 is 0. The zero-order valence-corrected chi connectivity index (χ0v) is 16.4. The van der Waals surface area contributed by atoms with Crippen molar-refractivity contribution in [2.75, 3.05) is 25.0 Å². The van der Waals surface area contributed by atoms with Crippen molar-refractivity contribution in [3.63, 3.8) is 0 Å². The third-order valence-corrected chi connectivity index (χ3v) is 3.62. The molecular formula is C18H26Cl2N4O. The molecule has 0 saturated heterocycles. The summed E-state index contributed by atoms with van der Waals surface area (Å²) in [5, 5.41) is 6.17. The van der Waals surface area contributed by atoms with E-state index in [9.17, 15) is 4.79 Å². The molecule has 1 atom stereocenters. The van der Waals surface area contributed by atoms with E-state index < -0.39 is 0 Å². The van der Waals surface area contributed by atoms with Crippen molar-refractivity contribution in [2.45, 2.75) is 19.9 Å². The minimum absolute atomic E-state index is 0. The highest BCUT2D eigenvalue weighted by Gasteiger charge is 2.10. The molecule has 2 aromatic rings. The molecule has 0 bridgehead atoms. The molecule has 0 aliphatic carbocycles. The second-order valence-corrected chi connectivity index (χ2v) is 5.47. The van der Waals surface area contributed by atoms with Crippen molar-refractivity contribution >= 4 is 42.2 Å². The minimum Gasteiger partial charge on any atom is -0.350 e. The maximum Gasteiger partial charge on any atom is 0.252 e. The van der Waals surface area contributed by atoms with E-state index in [0.29, 0.717) is 12.1 Å². The van der Waals surface area contributed by atoms with Crippen LogP contribution in [0.25, 0.3) is 0 Å². The number of anilines is 2. The predicted molar refractivity (Wildman–Crippen MR) is 109 cm³/mol. The number of nitrogens with zero attached hydrogens (tertiary/aromatic N) is 2. The Labute approximate surface area is 162 Å². The summed E-state index contributed by atoms with van der Waals surface area (Å²) in [6.07, 6.45) is 1.61. The number of pyridine rings is 1. The van der Waals surface area contributed by atoms with Crippen molar-refractivity contribution in [1.82, 2.24) is 15.6 Å². The van der Waals surface area contributed by atoms with Crippen LogP contribution in [-0.4, -0.2) is 37.1 Å². The summed E-state index contributed by atoms with van der Waals surface area (Å²) >= 11 is 0. The number of aromatic nitrogens is 1. The lowest BCUT2D eigenvalue weighted by Crippen LogP contribution is -2.38. The summed E-state index contributed by atoms with van der Waals surface area (Å²) in [5.74, 6) is 0.699. The quantitative estimate of drug-likeness (QED) is 0.767. The molecule has 0 saturated carbocycles. The van der Waals surface area contributed by atoms with Gasteiger partial charge in [0.2, 0.25) is 0 Å². The molecular weight excluding hydrogens is 359 g/mol. The molecule has 1 amide bonds. The van der Waals surface area contributed by atoms with Crippen LogP contribution in [0.4, 0.5) is 11.5 Å². The molecule has 0 fully saturated rings. The lowest BCUT2D eigenvalue weighted by molar-refractivity contribution is 0.0950. The Hall–Kier alpha value is -1.82. The van der Waals surface area contributed by atoms with Crippen LogP contribution in [0.15, 0.2) is 48.7 Å². The molecule has 0 radical (unpaired) electrons. The smallest absolute Gasteiger partial charge is 0.252 e. The van der Waals surface area contributed by atoms with Gasteiger partial charge in [0.25, 0.3) is 5.91 Å². The first-order chi connectivity index (χ1) is 11.1. The zero-order chi connectivity index (χ0) is 16.7. The Morgan fingerprint density at radius 1 is 1.16 bits per heavy atom. The predicted octanol–water partition coefficient (Wildman–Crippen LogP) is 3.42. The van der Waals surface area contributed by atoms with Gasteiger partial charge in [0, 0.05) is 31.5 Å². The number of halogens is 2. The highest BCUT2D eigenvalue weighted by Crippen LogP contribution is 2.20. The highest BCUT2D eigenvalue weighted by molar-refractivity contribution is 5.94. The Bertz CT molecular complexity index is 623. The zero-order valence-electron chi connectivity index (χ0n) is 14.7. The van der Waals surface area contributed by atoms with E-state index in [0.717, 1.165) is 18.1 Å². The number of hydrogen-bond acceptors (Lipinski definition) is 4. The largest absolute Gasteiger partial charge is 0.350 e. The fraction of sp³-hybridized carbons (Fsp3) is 0.333. The van der Waals surface area contributed by atoms with Crippen LogP contribution in [0.3, 0.4) is 0 Å². The molecule has 25 heavy (non-hydrogen) atoms. The number of nitrogens with one attached hydrogen (secondary N) is 2. The Kier molecular flexibility index (Phi) is 10.8. The number of hydrogen-bond donors (Lipinski definition) is 2. The molecule has 2 N–H and O–H groups in total. The molecule has 0 unspecified atom stereocenters. The van der Waals surface area contributed by atoms with Crippen LogP contribution in [0.2, 0.25) is 0 Å². The van der Waals surface area contributed by atoms with E-state index in [4.69, 9.17) is 0 Å². The third kappa shape index (κ3) is 6.90.